The van der Waals surface area contributed by atoms with Crippen molar-refractivity contribution < 1.29 is 27.1 Å². The number of anilines is 1. The number of hydrogen-bond acceptors (Lipinski definition) is 5. The molecule has 0 radical (unpaired) electrons. The van der Waals surface area contributed by atoms with Crippen LogP contribution in [-0.2, 0) is 26.2 Å². The molecule has 1 N–H and O–H groups in total. The Labute approximate surface area is 229 Å². The molecule has 208 valence electrons. The first-order valence-electron chi connectivity index (χ1n) is 12.6. The van der Waals surface area contributed by atoms with Gasteiger partial charge in [-0.2, -0.15) is 0 Å². The van der Waals surface area contributed by atoms with Gasteiger partial charge >= 0.3 is 0 Å². The molecule has 0 aromatic heterocycles. The summed E-state index contributed by atoms with van der Waals surface area (Å²) in [5.74, 6) is -0.904. The molecule has 3 aromatic carbocycles. The lowest BCUT2D eigenvalue weighted by molar-refractivity contribution is -0.139. The first-order valence-corrected chi connectivity index (χ1v) is 14.1. The third kappa shape index (κ3) is 7.57. The summed E-state index contributed by atoms with van der Waals surface area (Å²) in [6.07, 6.45) is 0.701. The molecular weight excluding hydrogens is 521 g/mol. The molecule has 2 unspecified atom stereocenters. The summed E-state index contributed by atoms with van der Waals surface area (Å²) in [7, 11) is -2.70. The molecule has 39 heavy (non-hydrogen) atoms. The average molecular weight is 556 g/mol. The van der Waals surface area contributed by atoms with Crippen LogP contribution in [-0.4, -0.2) is 50.9 Å². The Hall–Kier alpha value is -3.92. The first-order chi connectivity index (χ1) is 18.6. The van der Waals surface area contributed by atoms with Crippen LogP contribution in [0.25, 0.3) is 0 Å². The Bertz CT molecular complexity index is 1350. The highest BCUT2D eigenvalue weighted by molar-refractivity contribution is 7.92. The molecule has 3 aromatic rings. The fourth-order valence-electron chi connectivity index (χ4n) is 3.83. The number of carbonyl (C=O) groups is 2. The molecule has 10 heteroatoms. The summed E-state index contributed by atoms with van der Waals surface area (Å²) in [4.78, 5) is 28.1. The standard InChI is InChI=1S/C29H34FN3O5S/c1-5-21(2)31-29(35)22(3)32(19-23-11-13-24(30)14-12-23)28(34)20-33(25-9-7-6-8-10-25)39(36,37)27-17-15-26(38-4)16-18-27/h6-18,21-22H,5,19-20H2,1-4H3,(H,31,35). The van der Waals surface area contributed by atoms with E-state index in [1.165, 1.54) is 60.5 Å². The van der Waals surface area contributed by atoms with Crippen molar-refractivity contribution in [1.82, 2.24) is 10.2 Å². The van der Waals surface area contributed by atoms with Crippen molar-refractivity contribution >= 4 is 27.5 Å². The highest BCUT2D eigenvalue weighted by Gasteiger charge is 2.32. The zero-order chi connectivity index (χ0) is 28.6. The van der Waals surface area contributed by atoms with Gasteiger partial charge in [0.15, 0.2) is 0 Å². The Balaban J connectivity index is 1.99. The fraction of sp³-hybridized carbons (Fsp3) is 0.310. The lowest BCUT2D eigenvalue weighted by Gasteiger charge is -2.32. The van der Waals surface area contributed by atoms with Crippen molar-refractivity contribution in [2.45, 2.75) is 50.7 Å². The minimum Gasteiger partial charge on any atom is -0.497 e. The van der Waals surface area contributed by atoms with Crippen molar-refractivity contribution in [3.63, 3.8) is 0 Å². The summed E-state index contributed by atoms with van der Waals surface area (Å²) in [5.41, 5.74) is 0.886. The van der Waals surface area contributed by atoms with Gasteiger partial charge in [-0.15, -0.1) is 0 Å². The van der Waals surface area contributed by atoms with Crippen LogP contribution in [0.15, 0.2) is 83.8 Å². The minimum atomic E-state index is -4.17. The van der Waals surface area contributed by atoms with Gasteiger partial charge in [0.2, 0.25) is 11.8 Å². The molecule has 2 amide bonds. The molecule has 0 saturated heterocycles. The maximum absolute atomic E-state index is 13.8. The second-order valence-corrected chi connectivity index (χ2v) is 11.0. The number of hydrogen-bond donors (Lipinski definition) is 1. The molecule has 0 heterocycles. The normalized spacial score (nSPS) is 12.7. The molecule has 0 aliphatic carbocycles. The largest absolute Gasteiger partial charge is 0.497 e. The van der Waals surface area contributed by atoms with Crippen molar-refractivity contribution in [3.05, 3.63) is 90.2 Å². The van der Waals surface area contributed by atoms with Gasteiger partial charge in [0.05, 0.1) is 17.7 Å². The molecule has 8 nitrogen and oxygen atoms in total. The third-order valence-electron chi connectivity index (χ3n) is 6.40. The van der Waals surface area contributed by atoms with Gasteiger partial charge in [0.25, 0.3) is 10.0 Å². The Morgan fingerprint density at radius 1 is 0.949 bits per heavy atom. The summed E-state index contributed by atoms with van der Waals surface area (Å²) < 4.78 is 47.2. The molecule has 0 bridgehead atoms. The van der Waals surface area contributed by atoms with Gasteiger partial charge < -0.3 is 15.0 Å². The Morgan fingerprint density at radius 2 is 1.56 bits per heavy atom. The molecule has 0 aliphatic heterocycles. The number of ether oxygens (including phenoxy) is 1. The lowest BCUT2D eigenvalue weighted by Crippen LogP contribution is -2.52. The van der Waals surface area contributed by atoms with E-state index in [4.69, 9.17) is 4.74 Å². The van der Waals surface area contributed by atoms with Crippen LogP contribution in [0, 0.1) is 5.82 Å². The van der Waals surface area contributed by atoms with Crippen molar-refractivity contribution in [1.29, 1.82) is 0 Å². The van der Waals surface area contributed by atoms with E-state index in [-0.39, 0.29) is 23.4 Å². The van der Waals surface area contributed by atoms with E-state index >= 15 is 0 Å². The number of nitrogens with one attached hydrogen (secondary N) is 1. The van der Waals surface area contributed by atoms with E-state index < -0.39 is 34.3 Å². The quantitative estimate of drug-likeness (QED) is 0.358. The average Bonchev–Trinajstić information content (AvgIpc) is 2.95. The number of para-hydroxylation sites is 1. The van der Waals surface area contributed by atoms with Crippen LogP contribution in [0.3, 0.4) is 0 Å². The number of methoxy groups -OCH3 is 1. The van der Waals surface area contributed by atoms with Crippen LogP contribution in [0.1, 0.15) is 32.8 Å². The monoisotopic (exact) mass is 555 g/mol. The molecule has 0 spiro atoms. The number of rotatable bonds is 12. The highest BCUT2D eigenvalue weighted by Crippen LogP contribution is 2.26. The van der Waals surface area contributed by atoms with E-state index in [0.29, 0.717) is 23.4 Å². The van der Waals surface area contributed by atoms with E-state index in [1.54, 1.807) is 37.3 Å². The number of halogens is 1. The number of nitrogens with zero attached hydrogens (tertiary/aromatic N) is 2. The maximum atomic E-state index is 13.8. The van der Waals surface area contributed by atoms with E-state index in [1.807, 2.05) is 13.8 Å². The van der Waals surface area contributed by atoms with E-state index in [2.05, 4.69) is 5.32 Å². The minimum absolute atomic E-state index is 0.0145. The number of benzene rings is 3. The Kier molecular flexibility index (Phi) is 10.1. The second kappa shape index (κ2) is 13.2. The van der Waals surface area contributed by atoms with Crippen LogP contribution in [0.4, 0.5) is 10.1 Å². The summed E-state index contributed by atoms with van der Waals surface area (Å²) in [6, 6.07) is 18.7. The predicted octanol–water partition coefficient (Wildman–Crippen LogP) is 4.36. The van der Waals surface area contributed by atoms with Gasteiger partial charge in [-0.1, -0.05) is 37.3 Å². The van der Waals surface area contributed by atoms with E-state index in [9.17, 15) is 22.4 Å². The van der Waals surface area contributed by atoms with Crippen LogP contribution < -0.4 is 14.4 Å². The smallest absolute Gasteiger partial charge is 0.264 e. The highest BCUT2D eigenvalue weighted by atomic mass is 32.2. The molecular formula is C29H34FN3O5S. The molecule has 0 fully saturated rings. The van der Waals surface area contributed by atoms with Crippen LogP contribution >= 0.6 is 0 Å². The van der Waals surface area contributed by atoms with Gasteiger partial charge in [-0.25, -0.2) is 12.8 Å². The summed E-state index contributed by atoms with van der Waals surface area (Å²) in [5, 5.41) is 2.87. The summed E-state index contributed by atoms with van der Waals surface area (Å²) >= 11 is 0. The summed E-state index contributed by atoms with van der Waals surface area (Å²) in [6.45, 7) is 4.80. The number of amides is 2. The van der Waals surface area contributed by atoms with Crippen LogP contribution in [0.5, 0.6) is 5.75 Å². The number of sulfonamides is 1. The molecule has 3 rings (SSSR count). The van der Waals surface area contributed by atoms with Gasteiger partial charge in [-0.05, 0) is 74.4 Å². The molecule has 0 saturated carbocycles. The first kappa shape index (κ1) is 29.6. The van der Waals surface area contributed by atoms with Crippen molar-refractivity contribution in [2.24, 2.45) is 0 Å². The zero-order valence-corrected chi connectivity index (χ0v) is 23.3. The van der Waals surface area contributed by atoms with Gasteiger partial charge in [0, 0.05) is 12.6 Å². The molecule has 0 aliphatic rings. The zero-order valence-electron chi connectivity index (χ0n) is 22.5. The maximum Gasteiger partial charge on any atom is 0.264 e. The fourth-order valence-corrected chi connectivity index (χ4v) is 5.25. The second-order valence-electron chi connectivity index (χ2n) is 9.16. The third-order valence-corrected chi connectivity index (χ3v) is 8.19. The molecule has 2 atom stereocenters. The van der Waals surface area contributed by atoms with Gasteiger partial charge in [-0.3, -0.25) is 13.9 Å². The Morgan fingerprint density at radius 3 is 2.13 bits per heavy atom. The lowest BCUT2D eigenvalue weighted by atomic mass is 10.1. The topological polar surface area (TPSA) is 96.0 Å². The predicted molar refractivity (Wildman–Crippen MR) is 148 cm³/mol. The van der Waals surface area contributed by atoms with Crippen LogP contribution in [0.2, 0.25) is 0 Å². The number of carbonyl (C=O) groups excluding carboxylic acids is 2. The van der Waals surface area contributed by atoms with Crippen molar-refractivity contribution in [2.75, 3.05) is 18.0 Å². The van der Waals surface area contributed by atoms with E-state index in [0.717, 1.165) is 4.31 Å². The van der Waals surface area contributed by atoms with Gasteiger partial charge in [0.1, 0.15) is 24.2 Å². The van der Waals surface area contributed by atoms with Crippen molar-refractivity contribution in [3.8, 4) is 5.75 Å². The SMILES string of the molecule is CCC(C)NC(=O)C(C)N(Cc1ccc(F)cc1)C(=O)CN(c1ccccc1)S(=O)(=O)c1ccc(OC)cc1.